The topological polar surface area (TPSA) is 47.1 Å². The van der Waals surface area contributed by atoms with Gasteiger partial charge in [-0.15, -0.1) is 0 Å². The van der Waals surface area contributed by atoms with Gasteiger partial charge in [0.05, 0.1) is 29.2 Å². The number of imidazole rings is 1. The number of anilines is 1. The van der Waals surface area contributed by atoms with Crippen molar-refractivity contribution >= 4 is 17.0 Å². The number of nitrogens with zero attached hydrogens (tertiary/aromatic N) is 3. The summed E-state index contributed by atoms with van der Waals surface area (Å²) in [6.07, 6.45) is -5.45. The molecule has 0 radical (unpaired) electrons. The number of nitrogens with two attached hydrogens (primary N) is 1. The van der Waals surface area contributed by atoms with Gasteiger partial charge >= 0.3 is 6.18 Å². The maximum atomic E-state index is 13.9. The van der Waals surface area contributed by atoms with Crippen molar-refractivity contribution in [3.05, 3.63) is 59.2 Å². The van der Waals surface area contributed by atoms with Crippen molar-refractivity contribution in [1.29, 1.82) is 0 Å². The second-order valence-corrected chi connectivity index (χ2v) is 7.36. The van der Waals surface area contributed by atoms with E-state index in [-0.39, 0.29) is 30.5 Å². The molecule has 30 heavy (non-hydrogen) atoms. The lowest BCUT2D eigenvalue weighted by Gasteiger charge is -2.34. The summed E-state index contributed by atoms with van der Waals surface area (Å²) in [5.74, 6) is -1.80. The zero-order valence-corrected chi connectivity index (χ0v) is 15.6. The lowest BCUT2D eigenvalue weighted by Crippen LogP contribution is -2.50. The molecule has 2 aromatic carbocycles. The van der Waals surface area contributed by atoms with Crippen LogP contribution in [0.25, 0.3) is 11.0 Å². The Morgan fingerprint density at radius 3 is 2.37 bits per heavy atom. The van der Waals surface area contributed by atoms with Crippen molar-refractivity contribution in [2.75, 3.05) is 18.0 Å². The van der Waals surface area contributed by atoms with E-state index in [1.54, 1.807) is 9.47 Å². The Bertz CT molecular complexity index is 1060. The van der Waals surface area contributed by atoms with Crippen LogP contribution in [0.5, 0.6) is 0 Å². The number of piperidine rings is 1. The monoisotopic (exact) mass is 428 g/mol. The summed E-state index contributed by atoms with van der Waals surface area (Å²) in [7, 11) is 0. The maximum absolute atomic E-state index is 13.9. The average molecular weight is 428 g/mol. The number of halogens is 6. The summed E-state index contributed by atoms with van der Waals surface area (Å²) in [5.41, 5.74) is 6.02. The van der Waals surface area contributed by atoms with Crippen LogP contribution in [0.3, 0.4) is 0 Å². The molecule has 0 amide bonds. The molecule has 1 aliphatic rings. The Morgan fingerprint density at radius 2 is 1.73 bits per heavy atom. The van der Waals surface area contributed by atoms with Gasteiger partial charge in [0, 0.05) is 25.2 Å². The molecule has 0 saturated carbocycles. The average Bonchev–Trinajstić information content (AvgIpc) is 3.01. The Morgan fingerprint density at radius 1 is 1.07 bits per heavy atom. The molecular formula is C20H18F6N4. The number of rotatable bonds is 3. The summed E-state index contributed by atoms with van der Waals surface area (Å²) in [6, 6.07) is 5.76. The van der Waals surface area contributed by atoms with E-state index in [0.717, 1.165) is 24.3 Å². The second kappa shape index (κ2) is 7.50. The molecule has 2 atom stereocenters. The highest BCUT2D eigenvalue weighted by Gasteiger charge is 2.31. The van der Waals surface area contributed by atoms with E-state index in [9.17, 15) is 26.3 Å². The molecule has 0 aliphatic carbocycles. The molecule has 4 rings (SSSR count). The van der Waals surface area contributed by atoms with Crippen molar-refractivity contribution < 1.29 is 26.3 Å². The van der Waals surface area contributed by atoms with E-state index in [1.165, 1.54) is 12.1 Å². The Kier molecular flexibility index (Phi) is 5.13. The lowest BCUT2D eigenvalue weighted by molar-refractivity contribution is -0.137. The van der Waals surface area contributed by atoms with Gasteiger partial charge in [0.2, 0.25) is 5.95 Å². The number of alkyl halides is 4. The van der Waals surface area contributed by atoms with Crippen molar-refractivity contribution in [3.8, 4) is 0 Å². The van der Waals surface area contributed by atoms with Crippen LogP contribution in [-0.2, 0) is 12.7 Å². The van der Waals surface area contributed by atoms with Crippen molar-refractivity contribution in [2.24, 2.45) is 5.73 Å². The van der Waals surface area contributed by atoms with Gasteiger partial charge in [0.25, 0.3) is 0 Å². The quantitative estimate of drug-likeness (QED) is 0.635. The molecule has 1 fully saturated rings. The molecule has 2 N–H and O–H groups in total. The third-order valence-corrected chi connectivity index (χ3v) is 5.25. The molecule has 4 nitrogen and oxygen atoms in total. The van der Waals surface area contributed by atoms with Crippen LogP contribution in [0.4, 0.5) is 32.3 Å². The van der Waals surface area contributed by atoms with E-state index in [4.69, 9.17) is 5.73 Å². The minimum atomic E-state index is -4.46. The van der Waals surface area contributed by atoms with Gasteiger partial charge in [-0.25, -0.2) is 18.2 Å². The maximum Gasteiger partial charge on any atom is 0.416 e. The summed E-state index contributed by atoms with van der Waals surface area (Å²) < 4.78 is 81.4. The highest BCUT2D eigenvalue weighted by atomic mass is 19.4. The zero-order chi connectivity index (χ0) is 21.6. The summed E-state index contributed by atoms with van der Waals surface area (Å²) >= 11 is 0. The Hall–Kier alpha value is -2.75. The van der Waals surface area contributed by atoms with Crippen molar-refractivity contribution in [3.63, 3.8) is 0 Å². The molecule has 1 saturated heterocycles. The molecule has 1 unspecified atom stereocenters. The Labute approximate surface area is 167 Å². The van der Waals surface area contributed by atoms with E-state index < -0.39 is 35.6 Å². The van der Waals surface area contributed by atoms with Gasteiger partial charge in [0.1, 0.15) is 6.17 Å². The minimum Gasteiger partial charge on any atom is -0.340 e. The molecule has 1 aliphatic heterocycles. The second-order valence-electron chi connectivity index (χ2n) is 7.36. The molecular weight excluding hydrogens is 410 g/mol. The van der Waals surface area contributed by atoms with Gasteiger partial charge in [-0.1, -0.05) is 12.1 Å². The lowest BCUT2D eigenvalue weighted by atomic mass is 10.1. The van der Waals surface area contributed by atoms with Gasteiger partial charge in [-0.05, 0) is 24.1 Å². The zero-order valence-electron chi connectivity index (χ0n) is 15.6. The summed E-state index contributed by atoms with van der Waals surface area (Å²) in [4.78, 5) is 6.10. The SMILES string of the molecule is N[C@@H]1CN(c2nc3cc(F)c(F)cc3n2Cc2ccc(C(F)(F)F)cc2)CCC1F. The predicted octanol–water partition coefficient (Wildman–Crippen LogP) is 4.26. The van der Waals surface area contributed by atoms with Gasteiger partial charge in [-0.2, -0.15) is 13.2 Å². The van der Waals surface area contributed by atoms with E-state index in [1.807, 2.05) is 0 Å². The van der Waals surface area contributed by atoms with Gasteiger partial charge in [-0.3, -0.25) is 0 Å². The fourth-order valence-electron chi connectivity index (χ4n) is 3.62. The first-order valence-electron chi connectivity index (χ1n) is 9.29. The van der Waals surface area contributed by atoms with E-state index >= 15 is 0 Å². The third kappa shape index (κ3) is 3.83. The van der Waals surface area contributed by atoms with E-state index in [2.05, 4.69) is 4.98 Å². The first kappa shape index (κ1) is 20.5. The first-order chi connectivity index (χ1) is 14.1. The fraction of sp³-hybridized carbons (Fsp3) is 0.350. The number of aromatic nitrogens is 2. The fourth-order valence-corrected chi connectivity index (χ4v) is 3.62. The summed E-state index contributed by atoms with van der Waals surface area (Å²) in [5, 5.41) is 0. The van der Waals surface area contributed by atoms with Crippen LogP contribution in [0.15, 0.2) is 36.4 Å². The predicted molar refractivity (Wildman–Crippen MR) is 99.9 cm³/mol. The third-order valence-electron chi connectivity index (χ3n) is 5.25. The minimum absolute atomic E-state index is 0.0693. The molecule has 0 spiro atoms. The van der Waals surface area contributed by atoms with Gasteiger partial charge < -0.3 is 15.2 Å². The molecule has 0 bridgehead atoms. The van der Waals surface area contributed by atoms with E-state index in [0.29, 0.717) is 18.1 Å². The number of fused-ring (bicyclic) bond motifs is 1. The Balaban J connectivity index is 1.75. The molecule has 160 valence electrons. The highest BCUT2D eigenvalue weighted by Crippen LogP contribution is 2.31. The highest BCUT2D eigenvalue weighted by molar-refractivity contribution is 5.79. The molecule has 2 heterocycles. The number of hydrogen-bond acceptors (Lipinski definition) is 3. The van der Waals surface area contributed by atoms with Crippen LogP contribution in [0.1, 0.15) is 17.5 Å². The molecule has 3 aromatic rings. The molecule has 1 aromatic heterocycles. The van der Waals surface area contributed by atoms with Crippen LogP contribution in [0, 0.1) is 11.6 Å². The number of hydrogen-bond donors (Lipinski definition) is 1. The smallest absolute Gasteiger partial charge is 0.340 e. The van der Waals surface area contributed by atoms with Crippen LogP contribution in [-0.4, -0.2) is 34.9 Å². The number of benzene rings is 2. The van der Waals surface area contributed by atoms with Crippen LogP contribution in [0.2, 0.25) is 0 Å². The van der Waals surface area contributed by atoms with Crippen LogP contribution < -0.4 is 10.6 Å². The standard InChI is InChI=1S/C20H18F6N4/c21-13-5-6-29(10-16(13)27)19-28-17-7-14(22)15(23)8-18(17)30(19)9-11-1-3-12(4-2-11)20(24,25)26/h1-4,7-8,13,16H,5-6,9-10,27H2/t13?,16-/m1/s1. The molecule has 10 heteroatoms. The van der Waals surface area contributed by atoms with Crippen LogP contribution >= 0.6 is 0 Å². The largest absolute Gasteiger partial charge is 0.416 e. The van der Waals surface area contributed by atoms with Crippen molar-refractivity contribution in [1.82, 2.24) is 9.55 Å². The van der Waals surface area contributed by atoms with Crippen molar-refractivity contribution in [2.45, 2.75) is 31.4 Å². The normalized spacial score (nSPS) is 20.2. The first-order valence-corrected chi connectivity index (χ1v) is 9.29. The summed E-state index contributed by atoms with van der Waals surface area (Å²) in [6.45, 7) is 0.526. The van der Waals surface area contributed by atoms with Gasteiger partial charge in [0.15, 0.2) is 11.6 Å².